The maximum atomic E-state index is 12.7. The van der Waals surface area contributed by atoms with Crippen LogP contribution in [0.4, 0.5) is 5.69 Å². The topological polar surface area (TPSA) is 84.0 Å². The maximum Gasteiger partial charge on any atom is 0.316 e. The van der Waals surface area contributed by atoms with E-state index in [9.17, 15) is 19.2 Å². The number of carbonyl (C=O) groups is 4. The summed E-state index contributed by atoms with van der Waals surface area (Å²) in [6, 6.07) is 15.9. The normalized spacial score (nSPS) is 20.0. The van der Waals surface area contributed by atoms with E-state index < -0.39 is 11.9 Å². The van der Waals surface area contributed by atoms with Gasteiger partial charge in [0.15, 0.2) is 0 Å². The Balaban J connectivity index is 1.43. The minimum absolute atomic E-state index is 0.0877. The van der Waals surface area contributed by atoms with Crippen LogP contribution in [0.3, 0.4) is 0 Å². The van der Waals surface area contributed by atoms with Crippen molar-refractivity contribution in [2.45, 2.75) is 32.2 Å². The Labute approximate surface area is 174 Å². The average Bonchev–Trinajstić information content (AvgIpc) is 3.30. The number of amides is 3. The summed E-state index contributed by atoms with van der Waals surface area (Å²) < 4.78 is 5.48. The summed E-state index contributed by atoms with van der Waals surface area (Å²) in [5, 5.41) is 0. The largest absolute Gasteiger partial charge is 0.426 e. The number of esters is 1. The van der Waals surface area contributed by atoms with Gasteiger partial charge in [-0.25, -0.2) is 0 Å². The van der Waals surface area contributed by atoms with Gasteiger partial charge >= 0.3 is 5.97 Å². The third kappa shape index (κ3) is 3.83. The van der Waals surface area contributed by atoms with Gasteiger partial charge in [0.05, 0.1) is 17.6 Å². The highest BCUT2D eigenvalue weighted by molar-refractivity contribution is 6.19. The van der Waals surface area contributed by atoms with Crippen LogP contribution in [0, 0.1) is 5.92 Å². The summed E-state index contributed by atoms with van der Waals surface area (Å²) in [6.07, 6.45) is 0.462. The number of rotatable bonds is 5. The molecular weight excluding hydrogens is 384 g/mol. The molecule has 2 aliphatic rings. The Bertz CT molecular complexity index is 988. The van der Waals surface area contributed by atoms with E-state index in [4.69, 9.17) is 4.74 Å². The highest BCUT2D eigenvalue weighted by atomic mass is 16.5. The van der Waals surface area contributed by atoms with Gasteiger partial charge in [0.1, 0.15) is 5.75 Å². The Kier molecular flexibility index (Phi) is 5.35. The smallest absolute Gasteiger partial charge is 0.316 e. The van der Waals surface area contributed by atoms with E-state index in [-0.39, 0.29) is 55.3 Å². The van der Waals surface area contributed by atoms with Crippen LogP contribution in [-0.4, -0.2) is 35.1 Å². The van der Waals surface area contributed by atoms with Crippen molar-refractivity contribution in [1.82, 2.24) is 4.90 Å². The number of nitrogens with zero attached hydrogens (tertiary/aromatic N) is 2. The van der Waals surface area contributed by atoms with Gasteiger partial charge in [0, 0.05) is 31.9 Å². The molecular formula is C23H22N2O5. The number of likely N-dealkylation sites (tertiary alicyclic amines) is 1. The summed E-state index contributed by atoms with van der Waals surface area (Å²) in [6.45, 7) is 2.23. The lowest BCUT2D eigenvalue weighted by Crippen LogP contribution is -2.30. The predicted molar refractivity (Wildman–Crippen MR) is 108 cm³/mol. The lowest BCUT2D eigenvalue weighted by molar-refractivity contribution is -0.139. The number of ether oxygens (including phenoxy) is 1. The van der Waals surface area contributed by atoms with Crippen molar-refractivity contribution in [1.29, 1.82) is 0 Å². The first kappa shape index (κ1) is 19.8. The summed E-state index contributed by atoms with van der Waals surface area (Å²) >= 11 is 0. The standard InChI is InChI=1S/C23H22N2O5/c1-15(16-6-3-2-4-7-16)24-14-17(12-22(24)28)23(29)30-19-9-5-8-18(13-19)25-20(26)10-11-21(25)27/h2-9,13,15,17H,10-12,14H2,1H3/t15-,17-/m1/s1. The molecule has 2 heterocycles. The molecule has 2 aliphatic heterocycles. The van der Waals surface area contributed by atoms with Crippen LogP contribution in [0.15, 0.2) is 54.6 Å². The molecule has 2 fully saturated rings. The number of hydrogen-bond acceptors (Lipinski definition) is 5. The molecule has 0 aromatic heterocycles. The number of benzene rings is 2. The summed E-state index contributed by atoms with van der Waals surface area (Å²) in [5.41, 5.74) is 1.39. The van der Waals surface area contributed by atoms with Crippen molar-refractivity contribution in [2.24, 2.45) is 5.92 Å². The minimum atomic E-state index is -0.567. The zero-order valence-electron chi connectivity index (χ0n) is 16.6. The Morgan fingerprint density at radius 2 is 1.67 bits per heavy atom. The zero-order valence-corrected chi connectivity index (χ0v) is 16.6. The van der Waals surface area contributed by atoms with Crippen LogP contribution in [0.2, 0.25) is 0 Å². The summed E-state index contributed by atoms with van der Waals surface area (Å²) in [7, 11) is 0. The molecule has 4 rings (SSSR count). The van der Waals surface area contributed by atoms with Crippen molar-refractivity contribution in [2.75, 3.05) is 11.4 Å². The van der Waals surface area contributed by atoms with Crippen LogP contribution in [0.5, 0.6) is 5.75 Å². The highest BCUT2D eigenvalue weighted by Gasteiger charge is 2.38. The molecule has 0 unspecified atom stereocenters. The molecule has 0 aliphatic carbocycles. The number of carbonyl (C=O) groups excluding carboxylic acids is 4. The van der Waals surface area contributed by atoms with Crippen molar-refractivity contribution in [3.8, 4) is 5.75 Å². The molecule has 0 N–H and O–H groups in total. The number of hydrogen-bond donors (Lipinski definition) is 0. The summed E-state index contributed by atoms with van der Waals surface area (Å²) in [5.74, 6) is -1.45. The lowest BCUT2D eigenvalue weighted by Gasteiger charge is -2.25. The second-order valence-electron chi connectivity index (χ2n) is 7.58. The Morgan fingerprint density at radius 1 is 0.967 bits per heavy atom. The van der Waals surface area contributed by atoms with E-state index in [1.807, 2.05) is 37.3 Å². The lowest BCUT2D eigenvalue weighted by atomic mass is 10.1. The number of imide groups is 1. The van der Waals surface area contributed by atoms with E-state index in [0.717, 1.165) is 10.5 Å². The predicted octanol–water partition coefficient (Wildman–Crippen LogP) is 2.86. The second-order valence-corrected chi connectivity index (χ2v) is 7.58. The maximum absolute atomic E-state index is 12.7. The van der Waals surface area contributed by atoms with Crippen molar-refractivity contribution >= 4 is 29.4 Å². The first-order valence-corrected chi connectivity index (χ1v) is 9.96. The molecule has 0 saturated carbocycles. The fraction of sp³-hybridized carbons (Fsp3) is 0.304. The van der Waals surface area contributed by atoms with Gasteiger partial charge in [-0.3, -0.25) is 24.1 Å². The molecule has 7 nitrogen and oxygen atoms in total. The van der Waals surface area contributed by atoms with Gasteiger partial charge in [-0.05, 0) is 24.6 Å². The fourth-order valence-electron chi connectivity index (χ4n) is 3.93. The molecule has 2 aromatic carbocycles. The van der Waals surface area contributed by atoms with E-state index in [1.54, 1.807) is 23.1 Å². The third-order valence-corrected chi connectivity index (χ3v) is 5.59. The molecule has 2 atom stereocenters. The van der Waals surface area contributed by atoms with Crippen LogP contribution in [-0.2, 0) is 19.2 Å². The Hall–Kier alpha value is -3.48. The monoisotopic (exact) mass is 406 g/mol. The van der Waals surface area contributed by atoms with E-state index in [1.165, 1.54) is 6.07 Å². The molecule has 7 heteroatoms. The SMILES string of the molecule is C[C@H](c1ccccc1)N1C[C@H](C(=O)Oc2cccc(N3C(=O)CCC3=O)c2)CC1=O. The summed E-state index contributed by atoms with van der Waals surface area (Å²) in [4.78, 5) is 51.8. The number of anilines is 1. The quantitative estimate of drug-likeness (QED) is 0.433. The van der Waals surface area contributed by atoms with Gasteiger partial charge in [-0.2, -0.15) is 0 Å². The molecule has 30 heavy (non-hydrogen) atoms. The molecule has 0 radical (unpaired) electrons. The second kappa shape index (κ2) is 8.10. The van der Waals surface area contributed by atoms with Gasteiger partial charge in [-0.1, -0.05) is 36.4 Å². The van der Waals surface area contributed by atoms with Crippen molar-refractivity contribution in [3.63, 3.8) is 0 Å². The van der Waals surface area contributed by atoms with E-state index in [0.29, 0.717) is 5.69 Å². The first-order valence-electron chi connectivity index (χ1n) is 9.96. The van der Waals surface area contributed by atoms with Gasteiger partial charge in [0.25, 0.3) is 0 Å². The van der Waals surface area contributed by atoms with E-state index >= 15 is 0 Å². The van der Waals surface area contributed by atoms with Gasteiger partial charge < -0.3 is 9.64 Å². The van der Waals surface area contributed by atoms with Crippen LogP contribution < -0.4 is 9.64 Å². The molecule has 0 bridgehead atoms. The highest BCUT2D eigenvalue weighted by Crippen LogP contribution is 2.30. The molecule has 2 aromatic rings. The van der Waals surface area contributed by atoms with Crippen LogP contribution >= 0.6 is 0 Å². The van der Waals surface area contributed by atoms with Gasteiger partial charge in [-0.15, -0.1) is 0 Å². The van der Waals surface area contributed by atoms with Crippen molar-refractivity contribution < 1.29 is 23.9 Å². The van der Waals surface area contributed by atoms with Crippen LogP contribution in [0.25, 0.3) is 0 Å². The fourth-order valence-corrected chi connectivity index (χ4v) is 3.93. The Morgan fingerprint density at radius 3 is 2.37 bits per heavy atom. The van der Waals surface area contributed by atoms with Gasteiger partial charge in [0.2, 0.25) is 17.7 Å². The molecule has 2 saturated heterocycles. The zero-order chi connectivity index (χ0) is 21.3. The average molecular weight is 406 g/mol. The van der Waals surface area contributed by atoms with Crippen LogP contribution in [0.1, 0.15) is 37.8 Å². The minimum Gasteiger partial charge on any atom is -0.426 e. The molecule has 154 valence electrons. The van der Waals surface area contributed by atoms with E-state index in [2.05, 4.69) is 0 Å². The van der Waals surface area contributed by atoms with Crippen molar-refractivity contribution in [3.05, 3.63) is 60.2 Å². The third-order valence-electron chi connectivity index (χ3n) is 5.59. The first-order chi connectivity index (χ1) is 14.4. The molecule has 3 amide bonds. The molecule has 0 spiro atoms.